The second-order valence-corrected chi connectivity index (χ2v) is 34.3. The molecule has 1 atom stereocenters. The summed E-state index contributed by atoms with van der Waals surface area (Å²) in [5.74, 6) is -1.38. The maximum atomic E-state index is 8.73. The molecule has 0 saturated carbocycles. The Bertz CT molecular complexity index is 6970. The number of rotatable bonds is 20. The number of hydrogen-bond acceptors (Lipinski definition) is 8. The fourth-order valence-corrected chi connectivity index (χ4v) is 14.6. The summed E-state index contributed by atoms with van der Waals surface area (Å²) in [6, 6.07) is 167. The summed E-state index contributed by atoms with van der Waals surface area (Å²) in [5, 5.41) is 0. The summed E-state index contributed by atoms with van der Waals surface area (Å²) in [5.41, 5.74) is 23.4. The van der Waals surface area contributed by atoms with Crippen LogP contribution in [0.5, 0.6) is 0 Å². The third-order valence-corrected chi connectivity index (χ3v) is 22.0. The van der Waals surface area contributed by atoms with Gasteiger partial charge in [-0.25, -0.2) is 0 Å². The van der Waals surface area contributed by atoms with Gasteiger partial charge in [-0.1, -0.05) is 297 Å². The number of pyridine rings is 8. The maximum Gasteiger partial charge on any atom is 0.0383 e. The van der Waals surface area contributed by atoms with Gasteiger partial charge in [0.25, 0.3) is 0 Å². The van der Waals surface area contributed by atoms with Crippen LogP contribution < -0.4 is 0 Å². The smallest absolute Gasteiger partial charge is 0.0383 e. The van der Waals surface area contributed by atoms with E-state index < -0.39 is 42.7 Å². The summed E-state index contributed by atoms with van der Waals surface area (Å²) >= 11 is 0. The molecule has 0 amide bonds. The molecule has 0 aliphatic rings. The maximum absolute atomic E-state index is 8.73. The Kier molecular flexibility index (Phi) is 41.4. The molecule has 8 heterocycles. The van der Waals surface area contributed by atoms with Crippen LogP contribution in [0.15, 0.2) is 498 Å². The monoisotopic (exact) mass is 2620 g/mol. The molecule has 4 radical (unpaired) electrons. The third-order valence-electron chi connectivity index (χ3n) is 22.0. The molecule has 0 fully saturated rings. The van der Waals surface area contributed by atoms with Crippen molar-refractivity contribution < 1.29 is 94.1 Å². The molecule has 0 bridgehead atoms. The van der Waals surface area contributed by atoms with Gasteiger partial charge in [0.05, 0.1) is 0 Å². The Morgan fingerprint density at radius 2 is 0.514 bits per heavy atom. The largest absolute Gasteiger partial charge is 0.305 e. The van der Waals surface area contributed by atoms with Crippen molar-refractivity contribution in [1.82, 2.24) is 39.9 Å². The Morgan fingerprint density at radius 1 is 0.219 bits per heavy atom. The minimum atomic E-state index is -1.55. The van der Waals surface area contributed by atoms with Crippen LogP contribution in [0.4, 0.5) is 0 Å². The van der Waals surface area contributed by atoms with E-state index in [1.54, 1.807) is 122 Å². The van der Waals surface area contributed by atoms with E-state index in [1.807, 2.05) is 375 Å². The Labute approximate surface area is 933 Å². The van der Waals surface area contributed by atoms with Crippen molar-refractivity contribution in [2.24, 2.45) is 5.41 Å². The SMILES string of the molecule is CC(C)(c1ccccc1)c1cc[c-]c(-c2ccccn2)c1.[2H]C(C)(C)c1ccnc(-c2[c-]cccc2)c1.[2H]C(C)(c1ccccc1)c1cc[c-]c(-c2ccccn2)c1.[2H]C([2H])(c1ccccc1)c1cc[c-]c(-c2ccccn2)c1.[2H]C([2H])(c1ccccc1)c1cc[c-]c(-c2ccccn2)c1.[2H]C([2H])(c1ccccc1)c1ccnc(-c2[c-]cccc2)c1.[2H]C([2H])(c1ccnc(-c2[c-]cccc2)c1)C(C)(C)C.[Ir].[Ir].[Ir].[Ir].[c-]1ccccc1-c1ccccn1. The average molecular weight is 2620 g/mol. The molecule has 13 aromatic carbocycles. The Hall–Kier alpha value is -14.3. The summed E-state index contributed by atoms with van der Waals surface area (Å²) < 4.78 is 83.7. The molecule has 0 spiro atoms. The number of nitrogens with zero attached hydrogens (tertiary/aromatic N) is 8. The van der Waals surface area contributed by atoms with Gasteiger partial charge in [0.1, 0.15) is 0 Å². The van der Waals surface area contributed by atoms with Crippen LogP contribution in [0.1, 0.15) is 148 Å². The Morgan fingerprint density at radius 3 is 0.884 bits per heavy atom. The molecule has 12 heteroatoms. The zero-order valence-corrected chi connectivity index (χ0v) is 91.8. The van der Waals surface area contributed by atoms with Gasteiger partial charge in [0.15, 0.2) is 0 Å². The summed E-state index contributed by atoms with van der Waals surface area (Å²) in [6.07, 6.45) is 7.85. The second-order valence-electron chi connectivity index (χ2n) is 34.3. The van der Waals surface area contributed by atoms with Gasteiger partial charge < -0.3 is 39.9 Å². The normalized spacial score (nSPS) is 12.2. The molecule has 1 unspecified atom stereocenters. The first-order valence-corrected chi connectivity index (χ1v) is 47.0. The molecular formula is C134H116Ir4N8-8. The van der Waals surface area contributed by atoms with E-state index in [4.69, 9.17) is 13.7 Å². The molecule has 8 nitrogen and oxygen atoms in total. The van der Waals surface area contributed by atoms with Crippen LogP contribution in [0.25, 0.3) is 90.1 Å². The molecule has 736 valence electrons. The van der Waals surface area contributed by atoms with Gasteiger partial charge in [-0.15, -0.1) is 285 Å². The van der Waals surface area contributed by atoms with Gasteiger partial charge in [-0.05, 0) is 176 Å². The quantitative estimate of drug-likeness (QED) is 0.0695. The van der Waals surface area contributed by atoms with Gasteiger partial charge in [-0.2, -0.15) is 0 Å². The standard InChI is InChI=1S/C20H18N.C19H16N.3C18H14N.C16H18N.C14H14N.C11H8N.4Ir/c1-20(2,17-10-4-3-5-11-17)18-12-8-9-16(15-18)19-13-6-7-14-21-19;1-15(16-8-3-2-4-9-16)17-10-7-11-18(14-17)19-12-5-6-13-20-19;1-3-7-15(8-4-1)13-16-11-12-19-18(14-16)17-9-5-2-6-10-17;2*1-2-7-15(8-3-1)13-16-9-6-10-17(14-16)18-11-4-5-12-19-18;1-16(2,3)12-13-9-10-17-15(11-13)14-7-5-4-6-8-14;1-11(2)13-8-9-15-14(10-13)12-6-4-3-5-7-12;1-2-6-10(7-3-1)11-8-4-5-9-12-11;;;;/h3-8,10-15H,1-2H3;2-10,12-15H,1H3;3*1-9,11-12,14H,13H2;4-7,9-11H,12H2,1-3H3;3-6,8-11H,1-2H3;1-6,8-9H;;;;/q8*-1;;;;/i;15D;3*13D2;12D2;11D;;;;;. The van der Waals surface area contributed by atoms with E-state index in [0.29, 0.717) is 38.9 Å². The van der Waals surface area contributed by atoms with E-state index in [2.05, 4.69) is 145 Å². The van der Waals surface area contributed by atoms with Gasteiger partial charge in [-0.3, -0.25) is 0 Å². The van der Waals surface area contributed by atoms with Crippen LogP contribution >= 0.6 is 0 Å². The summed E-state index contributed by atoms with van der Waals surface area (Å²) in [6.45, 7) is 15.9. The first-order chi connectivity index (χ1) is 73.2. The fourth-order valence-electron chi connectivity index (χ4n) is 14.6. The first kappa shape index (κ1) is 99.0. The topological polar surface area (TPSA) is 103 Å². The van der Waals surface area contributed by atoms with Crippen LogP contribution in [0.3, 0.4) is 0 Å². The molecule has 0 saturated heterocycles. The van der Waals surface area contributed by atoms with Crippen molar-refractivity contribution in [2.45, 2.75) is 98.1 Å². The van der Waals surface area contributed by atoms with Crippen molar-refractivity contribution in [2.75, 3.05) is 0 Å². The van der Waals surface area contributed by atoms with Gasteiger partial charge >= 0.3 is 0 Å². The summed E-state index contributed by atoms with van der Waals surface area (Å²) in [4.78, 5) is 34.5. The molecule has 0 aliphatic heterocycles. The van der Waals surface area contributed by atoms with Gasteiger partial charge in [0, 0.05) is 144 Å². The Balaban J connectivity index is 0.000000181. The van der Waals surface area contributed by atoms with E-state index in [9.17, 15) is 0 Å². The molecule has 21 aromatic rings. The van der Waals surface area contributed by atoms with Crippen molar-refractivity contribution >= 4 is 0 Å². The van der Waals surface area contributed by atoms with Crippen LogP contribution in [0.2, 0.25) is 0 Å². The molecule has 0 aliphatic carbocycles. The molecule has 8 aromatic heterocycles. The van der Waals surface area contributed by atoms with Gasteiger partial charge in [0.2, 0.25) is 0 Å². The number of hydrogen-bond donors (Lipinski definition) is 0. The molecular weight excluding hydrogens is 2490 g/mol. The van der Waals surface area contributed by atoms with Crippen molar-refractivity contribution in [3.05, 3.63) is 614 Å². The number of aromatic nitrogens is 8. The fraction of sp³-hybridized carbons (Fsp3) is 0.119. The average Bonchev–Trinajstić information content (AvgIpc) is 0.785. The minimum absolute atomic E-state index is 0. The van der Waals surface area contributed by atoms with Crippen LogP contribution in [-0.4, -0.2) is 39.9 Å². The minimum Gasteiger partial charge on any atom is -0.305 e. The summed E-state index contributed by atoms with van der Waals surface area (Å²) in [7, 11) is 0. The number of benzene rings is 13. The van der Waals surface area contributed by atoms with E-state index in [1.165, 1.54) is 11.1 Å². The molecule has 146 heavy (non-hydrogen) atoms. The predicted molar refractivity (Wildman–Crippen MR) is 586 cm³/mol. The van der Waals surface area contributed by atoms with Crippen molar-refractivity contribution in [3.8, 4) is 90.1 Å². The zero-order valence-electron chi connectivity index (χ0n) is 92.3. The van der Waals surface area contributed by atoms with Crippen molar-refractivity contribution in [3.63, 3.8) is 0 Å². The first-order valence-electron chi connectivity index (χ1n) is 52.0. The van der Waals surface area contributed by atoms with E-state index in [-0.39, 0.29) is 85.8 Å². The second kappa shape index (κ2) is 61.1. The van der Waals surface area contributed by atoms with Crippen LogP contribution in [-0.2, 0) is 111 Å². The molecule has 21 rings (SSSR count). The molecule has 0 N–H and O–H groups in total. The van der Waals surface area contributed by atoms with Crippen molar-refractivity contribution in [1.29, 1.82) is 0 Å². The van der Waals surface area contributed by atoms with Crippen LogP contribution in [0, 0.1) is 53.9 Å². The zero-order chi connectivity index (χ0) is 107. The third kappa shape index (κ3) is 37.1. The predicted octanol–water partition coefficient (Wildman–Crippen LogP) is 32.3. The van der Waals surface area contributed by atoms with E-state index in [0.717, 1.165) is 107 Å². The van der Waals surface area contributed by atoms with E-state index >= 15 is 0 Å².